The number of hydrogen-bond acceptors (Lipinski definition) is 3. The molecule has 1 heterocycles. The molecule has 1 aromatic rings. The Hall–Kier alpha value is -0.420. The van der Waals surface area contributed by atoms with Crippen molar-refractivity contribution in [3.8, 4) is 0 Å². The van der Waals surface area contributed by atoms with Gasteiger partial charge in [0.25, 0.3) is 0 Å². The lowest BCUT2D eigenvalue weighted by atomic mass is 9.98. The van der Waals surface area contributed by atoms with Gasteiger partial charge in [0, 0.05) is 23.0 Å². The van der Waals surface area contributed by atoms with Gasteiger partial charge in [-0.25, -0.2) is 0 Å². The van der Waals surface area contributed by atoms with Gasteiger partial charge in [-0.2, -0.15) is 11.8 Å². The molecule has 6 heteroatoms. The number of amides is 1. The first kappa shape index (κ1) is 16.9. The molecule has 21 heavy (non-hydrogen) atoms. The standard InChI is InChI=1S/C15H19Cl2NO2S/c16-12-6-11(7-13(17)8-12)14(19)9-18-15(20)5-10-1-3-21-4-2-10/h6-8,10,14,19H,1-5,9H2,(H,18,20). The minimum absolute atomic E-state index is 0.000856. The highest BCUT2D eigenvalue weighted by Crippen LogP contribution is 2.25. The summed E-state index contributed by atoms with van der Waals surface area (Å²) in [7, 11) is 0. The molecule has 1 aliphatic heterocycles. The summed E-state index contributed by atoms with van der Waals surface area (Å²) in [6.45, 7) is 0.178. The maximum Gasteiger partial charge on any atom is 0.220 e. The number of nitrogens with one attached hydrogen (secondary N) is 1. The Morgan fingerprint density at radius 2 is 1.90 bits per heavy atom. The van der Waals surface area contributed by atoms with Crippen molar-refractivity contribution in [3.05, 3.63) is 33.8 Å². The Labute approximate surface area is 139 Å². The highest BCUT2D eigenvalue weighted by molar-refractivity contribution is 7.99. The first-order chi connectivity index (χ1) is 10.0. The van der Waals surface area contributed by atoms with Crippen molar-refractivity contribution in [1.82, 2.24) is 5.32 Å². The highest BCUT2D eigenvalue weighted by Gasteiger charge is 2.18. The Bertz CT molecular complexity index is 472. The molecule has 116 valence electrons. The van der Waals surface area contributed by atoms with Crippen molar-refractivity contribution >= 4 is 40.9 Å². The number of carbonyl (C=O) groups excluding carboxylic acids is 1. The van der Waals surface area contributed by atoms with E-state index in [1.54, 1.807) is 18.2 Å². The minimum atomic E-state index is -0.799. The molecule has 2 rings (SSSR count). The number of benzene rings is 1. The average Bonchev–Trinajstić information content (AvgIpc) is 2.45. The molecule has 0 aromatic heterocycles. The Morgan fingerprint density at radius 1 is 1.29 bits per heavy atom. The molecule has 1 fully saturated rings. The second-order valence-electron chi connectivity index (χ2n) is 5.28. The zero-order chi connectivity index (χ0) is 15.2. The average molecular weight is 348 g/mol. The van der Waals surface area contributed by atoms with Crippen LogP contribution in [0.2, 0.25) is 10.0 Å². The highest BCUT2D eigenvalue weighted by atomic mass is 35.5. The van der Waals surface area contributed by atoms with E-state index in [1.807, 2.05) is 11.8 Å². The molecule has 0 radical (unpaired) electrons. The summed E-state index contributed by atoms with van der Waals surface area (Å²) in [5.74, 6) is 2.76. The molecule has 1 aliphatic rings. The first-order valence-corrected chi connectivity index (χ1v) is 8.94. The van der Waals surface area contributed by atoms with Crippen molar-refractivity contribution in [2.45, 2.75) is 25.4 Å². The number of aliphatic hydroxyl groups excluding tert-OH is 1. The lowest BCUT2D eigenvalue weighted by Gasteiger charge is -2.21. The lowest BCUT2D eigenvalue weighted by molar-refractivity contribution is -0.122. The third kappa shape index (κ3) is 5.70. The van der Waals surface area contributed by atoms with Crippen LogP contribution in [0.3, 0.4) is 0 Å². The second-order valence-corrected chi connectivity index (χ2v) is 7.38. The Morgan fingerprint density at radius 3 is 2.52 bits per heavy atom. The van der Waals surface area contributed by atoms with Gasteiger partial charge < -0.3 is 10.4 Å². The number of rotatable bonds is 5. The summed E-state index contributed by atoms with van der Waals surface area (Å²) < 4.78 is 0. The van der Waals surface area contributed by atoms with Gasteiger partial charge in [-0.05, 0) is 54.0 Å². The number of thioether (sulfide) groups is 1. The lowest BCUT2D eigenvalue weighted by Crippen LogP contribution is -2.30. The van der Waals surface area contributed by atoms with Crippen LogP contribution >= 0.6 is 35.0 Å². The summed E-state index contributed by atoms with van der Waals surface area (Å²) in [5, 5.41) is 13.8. The molecular weight excluding hydrogens is 329 g/mol. The Balaban J connectivity index is 1.79. The predicted octanol–water partition coefficient (Wildman–Crippen LogP) is 3.68. The monoisotopic (exact) mass is 347 g/mol. The van der Waals surface area contributed by atoms with Crippen LogP contribution in [-0.4, -0.2) is 29.1 Å². The van der Waals surface area contributed by atoms with Crippen molar-refractivity contribution in [2.75, 3.05) is 18.1 Å². The van der Waals surface area contributed by atoms with E-state index in [0.29, 0.717) is 27.9 Å². The van der Waals surface area contributed by atoms with Crippen molar-refractivity contribution < 1.29 is 9.90 Å². The number of halogens is 2. The fraction of sp³-hybridized carbons (Fsp3) is 0.533. The van der Waals surface area contributed by atoms with Crippen LogP contribution in [0.15, 0.2) is 18.2 Å². The van der Waals surface area contributed by atoms with E-state index in [0.717, 1.165) is 24.3 Å². The molecular formula is C15H19Cl2NO2S. The van der Waals surface area contributed by atoms with Gasteiger partial charge in [-0.15, -0.1) is 0 Å². The summed E-state index contributed by atoms with van der Waals surface area (Å²) in [4.78, 5) is 11.9. The fourth-order valence-electron chi connectivity index (χ4n) is 2.38. The molecule has 0 bridgehead atoms. The van der Waals surface area contributed by atoms with Crippen molar-refractivity contribution in [3.63, 3.8) is 0 Å². The fourth-order valence-corrected chi connectivity index (χ4v) is 4.13. The smallest absolute Gasteiger partial charge is 0.220 e. The zero-order valence-corrected chi connectivity index (χ0v) is 14.0. The molecule has 1 atom stereocenters. The van der Waals surface area contributed by atoms with Gasteiger partial charge >= 0.3 is 0 Å². The van der Waals surface area contributed by atoms with Crippen molar-refractivity contribution in [1.29, 1.82) is 0 Å². The summed E-state index contributed by atoms with van der Waals surface area (Å²) in [5.41, 5.74) is 0.613. The number of carbonyl (C=O) groups is 1. The van der Waals surface area contributed by atoms with Gasteiger partial charge in [0.1, 0.15) is 0 Å². The van der Waals surface area contributed by atoms with Crippen LogP contribution in [0, 0.1) is 5.92 Å². The van der Waals surface area contributed by atoms with E-state index in [1.165, 1.54) is 0 Å². The third-order valence-corrected chi connectivity index (χ3v) is 5.06. The van der Waals surface area contributed by atoms with E-state index in [-0.39, 0.29) is 12.5 Å². The minimum Gasteiger partial charge on any atom is -0.387 e. The molecule has 1 unspecified atom stereocenters. The summed E-state index contributed by atoms with van der Waals surface area (Å²) in [6, 6.07) is 4.92. The first-order valence-electron chi connectivity index (χ1n) is 7.03. The maximum absolute atomic E-state index is 11.9. The van der Waals surface area contributed by atoms with E-state index in [4.69, 9.17) is 23.2 Å². The van der Waals surface area contributed by atoms with Crippen LogP contribution < -0.4 is 5.32 Å². The molecule has 1 amide bonds. The number of aliphatic hydroxyl groups is 1. The molecule has 0 spiro atoms. The zero-order valence-electron chi connectivity index (χ0n) is 11.6. The van der Waals surface area contributed by atoms with E-state index < -0.39 is 6.10 Å². The van der Waals surface area contributed by atoms with E-state index >= 15 is 0 Å². The van der Waals surface area contributed by atoms with Crippen LogP contribution in [0.4, 0.5) is 0 Å². The Kier molecular flexibility index (Phi) is 6.68. The van der Waals surface area contributed by atoms with E-state index in [9.17, 15) is 9.90 Å². The molecule has 0 aliphatic carbocycles. The summed E-state index contributed by atoms with van der Waals surface area (Å²) >= 11 is 13.7. The molecule has 0 saturated carbocycles. The normalized spacial score (nSPS) is 17.5. The predicted molar refractivity (Wildman–Crippen MR) is 89.1 cm³/mol. The topological polar surface area (TPSA) is 49.3 Å². The van der Waals surface area contributed by atoms with Crippen LogP contribution in [0.25, 0.3) is 0 Å². The van der Waals surface area contributed by atoms with Gasteiger partial charge in [-0.1, -0.05) is 23.2 Å². The summed E-state index contributed by atoms with van der Waals surface area (Å²) in [6.07, 6.45) is 1.95. The molecule has 2 N–H and O–H groups in total. The number of hydrogen-bond donors (Lipinski definition) is 2. The SMILES string of the molecule is O=C(CC1CCSCC1)NCC(O)c1cc(Cl)cc(Cl)c1. The van der Waals surface area contributed by atoms with Gasteiger partial charge in [0.05, 0.1) is 6.10 Å². The third-order valence-electron chi connectivity index (χ3n) is 3.58. The van der Waals surface area contributed by atoms with E-state index in [2.05, 4.69) is 5.32 Å². The van der Waals surface area contributed by atoms with Gasteiger partial charge in [0.2, 0.25) is 5.91 Å². The van der Waals surface area contributed by atoms with Crippen molar-refractivity contribution in [2.24, 2.45) is 5.92 Å². The van der Waals surface area contributed by atoms with Crippen LogP contribution in [0.1, 0.15) is 30.9 Å². The van der Waals surface area contributed by atoms with Gasteiger partial charge in [0.15, 0.2) is 0 Å². The van der Waals surface area contributed by atoms with Gasteiger partial charge in [-0.3, -0.25) is 4.79 Å². The maximum atomic E-state index is 11.9. The van der Waals surface area contributed by atoms with Crippen LogP contribution in [0.5, 0.6) is 0 Å². The molecule has 1 saturated heterocycles. The molecule has 1 aromatic carbocycles. The molecule has 3 nitrogen and oxygen atoms in total. The quantitative estimate of drug-likeness (QED) is 0.854. The second kappa shape index (κ2) is 8.28. The van der Waals surface area contributed by atoms with Crippen LogP contribution in [-0.2, 0) is 4.79 Å². The largest absolute Gasteiger partial charge is 0.387 e.